The van der Waals surface area contributed by atoms with Crippen molar-refractivity contribution in [2.75, 3.05) is 18.4 Å². The van der Waals surface area contributed by atoms with Crippen molar-refractivity contribution in [3.63, 3.8) is 0 Å². The lowest BCUT2D eigenvalue weighted by atomic mass is 9.88. The van der Waals surface area contributed by atoms with Crippen molar-refractivity contribution in [2.24, 2.45) is 0 Å². The Labute approximate surface area is 104 Å². The second-order valence-electron chi connectivity index (χ2n) is 5.49. The number of benzene rings is 1. The molecule has 2 aliphatic heterocycles. The standard InChI is InChI=1S/C15H22N2/c1-3-11(2)17-9-8-15-13(10-17)12-6-4-5-7-14(12)16-15/h4-7,11,13,15-16H,3,8-10H2,1-2H3/t11-,13?,15?/m0/s1. The number of hydrogen-bond acceptors (Lipinski definition) is 2. The van der Waals surface area contributed by atoms with Crippen LogP contribution in [0.15, 0.2) is 24.3 Å². The maximum atomic E-state index is 3.69. The largest absolute Gasteiger partial charge is 0.381 e. The van der Waals surface area contributed by atoms with E-state index in [0.717, 1.165) is 6.04 Å². The monoisotopic (exact) mass is 230 g/mol. The van der Waals surface area contributed by atoms with Crippen molar-refractivity contribution in [3.05, 3.63) is 29.8 Å². The lowest BCUT2D eigenvalue weighted by Gasteiger charge is -2.38. The minimum atomic E-state index is 0.674. The molecule has 0 aromatic heterocycles. The van der Waals surface area contributed by atoms with Gasteiger partial charge in [-0.3, -0.25) is 4.90 Å². The summed E-state index contributed by atoms with van der Waals surface area (Å²) in [6.07, 6.45) is 2.54. The van der Waals surface area contributed by atoms with Gasteiger partial charge in [-0.1, -0.05) is 25.1 Å². The van der Waals surface area contributed by atoms with Crippen molar-refractivity contribution in [1.82, 2.24) is 4.90 Å². The zero-order valence-electron chi connectivity index (χ0n) is 10.8. The predicted octanol–water partition coefficient (Wildman–Crippen LogP) is 3.07. The van der Waals surface area contributed by atoms with Gasteiger partial charge in [0.05, 0.1) is 0 Å². The molecule has 1 N–H and O–H groups in total. The molecule has 1 aromatic rings. The van der Waals surface area contributed by atoms with E-state index < -0.39 is 0 Å². The third-order valence-corrected chi connectivity index (χ3v) is 4.56. The van der Waals surface area contributed by atoms with E-state index in [1.54, 1.807) is 0 Å². The number of anilines is 1. The van der Waals surface area contributed by atoms with Crippen molar-refractivity contribution in [1.29, 1.82) is 0 Å². The molecule has 0 radical (unpaired) electrons. The van der Waals surface area contributed by atoms with Gasteiger partial charge in [0.15, 0.2) is 0 Å². The van der Waals surface area contributed by atoms with Gasteiger partial charge in [0.25, 0.3) is 0 Å². The molecule has 3 rings (SSSR count). The third kappa shape index (κ3) is 1.85. The van der Waals surface area contributed by atoms with E-state index in [9.17, 15) is 0 Å². The fourth-order valence-electron chi connectivity index (χ4n) is 3.28. The molecule has 0 saturated carbocycles. The van der Waals surface area contributed by atoms with Crippen LogP contribution in [-0.4, -0.2) is 30.1 Å². The Morgan fingerprint density at radius 2 is 2.24 bits per heavy atom. The highest BCUT2D eigenvalue weighted by Gasteiger charge is 2.37. The van der Waals surface area contributed by atoms with Crippen LogP contribution in [0.3, 0.4) is 0 Å². The van der Waals surface area contributed by atoms with Crippen molar-refractivity contribution >= 4 is 5.69 Å². The van der Waals surface area contributed by atoms with E-state index in [1.807, 2.05) is 0 Å². The Kier molecular flexibility index (Phi) is 2.83. The Morgan fingerprint density at radius 1 is 1.41 bits per heavy atom. The number of nitrogens with zero attached hydrogens (tertiary/aromatic N) is 1. The minimum Gasteiger partial charge on any atom is -0.381 e. The Hall–Kier alpha value is -1.02. The van der Waals surface area contributed by atoms with Crippen molar-refractivity contribution in [2.45, 2.75) is 44.7 Å². The third-order valence-electron chi connectivity index (χ3n) is 4.56. The molecule has 2 nitrogen and oxygen atoms in total. The van der Waals surface area contributed by atoms with E-state index in [2.05, 4.69) is 48.3 Å². The average Bonchev–Trinajstić information content (AvgIpc) is 2.75. The summed E-state index contributed by atoms with van der Waals surface area (Å²) in [6.45, 7) is 7.12. The van der Waals surface area contributed by atoms with Crippen LogP contribution in [0, 0.1) is 0 Å². The van der Waals surface area contributed by atoms with Crippen LogP contribution >= 0.6 is 0 Å². The topological polar surface area (TPSA) is 15.3 Å². The molecule has 0 spiro atoms. The van der Waals surface area contributed by atoms with E-state index >= 15 is 0 Å². The maximum absolute atomic E-state index is 3.69. The molecule has 1 saturated heterocycles. The van der Waals surface area contributed by atoms with Gasteiger partial charge in [-0.15, -0.1) is 0 Å². The van der Waals surface area contributed by atoms with Crippen molar-refractivity contribution in [3.8, 4) is 0 Å². The molecular weight excluding hydrogens is 208 g/mol. The minimum absolute atomic E-state index is 0.674. The van der Waals surface area contributed by atoms with Gasteiger partial charge in [-0.05, 0) is 31.4 Å². The van der Waals surface area contributed by atoms with Crippen LogP contribution in [0.4, 0.5) is 5.69 Å². The Bertz CT molecular complexity index is 402. The fourth-order valence-corrected chi connectivity index (χ4v) is 3.28. The molecule has 1 aromatic carbocycles. The van der Waals surface area contributed by atoms with Crippen LogP contribution in [0.1, 0.15) is 38.2 Å². The number of likely N-dealkylation sites (tertiary alicyclic amines) is 1. The van der Waals surface area contributed by atoms with Gasteiger partial charge in [0.2, 0.25) is 0 Å². The lowest BCUT2D eigenvalue weighted by Crippen LogP contribution is -2.45. The van der Waals surface area contributed by atoms with Crippen LogP contribution < -0.4 is 5.32 Å². The summed E-state index contributed by atoms with van der Waals surface area (Å²) in [5, 5.41) is 3.69. The van der Waals surface area contributed by atoms with Crippen LogP contribution in [0.2, 0.25) is 0 Å². The molecule has 2 heterocycles. The van der Waals surface area contributed by atoms with Crippen LogP contribution in [-0.2, 0) is 0 Å². The highest BCUT2D eigenvalue weighted by atomic mass is 15.2. The molecule has 2 aliphatic rings. The van der Waals surface area contributed by atoms with Gasteiger partial charge in [0, 0.05) is 36.8 Å². The average molecular weight is 230 g/mol. The first-order valence-corrected chi connectivity index (χ1v) is 6.89. The number of piperidine rings is 1. The molecule has 0 amide bonds. The molecule has 2 unspecified atom stereocenters. The highest BCUT2D eigenvalue weighted by molar-refractivity contribution is 5.59. The van der Waals surface area contributed by atoms with Crippen molar-refractivity contribution < 1.29 is 0 Å². The Balaban J connectivity index is 1.82. The zero-order valence-corrected chi connectivity index (χ0v) is 10.8. The molecule has 0 aliphatic carbocycles. The molecule has 0 bridgehead atoms. The summed E-state index contributed by atoms with van der Waals surface area (Å²) in [4.78, 5) is 2.66. The van der Waals surface area contributed by atoms with Gasteiger partial charge < -0.3 is 5.32 Å². The summed E-state index contributed by atoms with van der Waals surface area (Å²) in [6, 6.07) is 10.2. The first kappa shape index (κ1) is 11.1. The van der Waals surface area contributed by atoms with E-state index in [4.69, 9.17) is 0 Å². The molecule has 3 atom stereocenters. The fraction of sp³-hybridized carbons (Fsp3) is 0.600. The van der Waals surface area contributed by atoms with E-state index in [0.29, 0.717) is 12.0 Å². The molecule has 1 fully saturated rings. The smallest absolute Gasteiger partial charge is 0.0379 e. The predicted molar refractivity (Wildman–Crippen MR) is 72.5 cm³/mol. The van der Waals surface area contributed by atoms with Gasteiger partial charge in [-0.2, -0.15) is 0 Å². The number of para-hydroxylation sites is 1. The molecular formula is C15H22N2. The van der Waals surface area contributed by atoms with E-state index in [-0.39, 0.29) is 0 Å². The highest BCUT2D eigenvalue weighted by Crippen LogP contribution is 2.40. The summed E-state index contributed by atoms with van der Waals surface area (Å²) in [5.74, 6) is 0.703. The second-order valence-corrected chi connectivity index (χ2v) is 5.49. The van der Waals surface area contributed by atoms with Gasteiger partial charge in [0.1, 0.15) is 0 Å². The second kappa shape index (κ2) is 4.34. The molecule has 2 heteroatoms. The summed E-state index contributed by atoms with van der Waals surface area (Å²) in [7, 11) is 0. The lowest BCUT2D eigenvalue weighted by molar-refractivity contribution is 0.150. The van der Waals surface area contributed by atoms with Crippen LogP contribution in [0.25, 0.3) is 0 Å². The first-order chi connectivity index (χ1) is 8.29. The quantitative estimate of drug-likeness (QED) is 0.840. The maximum Gasteiger partial charge on any atom is 0.0379 e. The normalized spacial score (nSPS) is 29.3. The number of fused-ring (bicyclic) bond motifs is 3. The number of hydrogen-bond donors (Lipinski definition) is 1. The summed E-state index contributed by atoms with van der Waals surface area (Å²) >= 11 is 0. The van der Waals surface area contributed by atoms with E-state index in [1.165, 1.54) is 37.2 Å². The van der Waals surface area contributed by atoms with Gasteiger partial charge in [-0.25, -0.2) is 0 Å². The first-order valence-electron chi connectivity index (χ1n) is 6.89. The molecule has 17 heavy (non-hydrogen) atoms. The molecule has 92 valence electrons. The zero-order chi connectivity index (χ0) is 11.8. The summed E-state index contributed by atoms with van der Waals surface area (Å²) < 4.78 is 0. The SMILES string of the molecule is CC[C@H](C)N1CCC2Nc3ccccc3C2C1. The number of rotatable bonds is 2. The summed E-state index contributed by atoms with van der Waals surface area (Å²) in [5.41, 5.74) is 2.90. The van der Waals surface area contributed by atoms with Gasteiger partial charge >= 0.3 is 0 Å². The number of nitrogens with one attached hydrogen (secondary N) is 1. The van der Waals surface area contributed by atoms with Crippen LogP contribution in [0.5, 0.6) is 0 Å². The Morgan fingerprint density at radius 3 is 3.06 bits per heavy atom.